The summed E-state index contributed by atoms with van der Waals surface area (Å²) < 4.78 is 21.1. The third kappa shape index (κ3) is 2.50. The molecule has 1 unspecified atom stereocenters. The lowest BCUT2D eigenvalue weighted by Gasteiger charge is -2.20. The first kappa shape index (κ1) is 14.4. The number of nitrogens with two attached hydrogens (primary N) is 1. The number of halogens is 1. The van der Waals surface area contributed by atoms with Crippen molar-refractivity contribution in [2.75, 3.05) is 7.11 Å². The van der Waals surface area contributed by atoms with Gasteiger partial charge in [-0.05, 0) is 26.0 Å². The van der Waals surface area contributed by atoms with Crippen molar-refractivity contribution in [3.05, 3.63) is 41.7 Å². The summed E-state index contributed by atoms with van der Waals surface area (Å²) in [6, 6.07) is 4.06. The van der Waals surface area contributed by atoms with Gasteiger partial charge in [0, 0.05) is 6.04 Å². The van der Waals surface area contributed by atoms with Crippen LogP contribution in [0.25, 0.3) is 0 Å². The van der Waals surface area contributed by atoms with Gasteiger partial charge in [0.25, 0.3) is 0 Å². The number of hydrazine groups is 1. The lowest BCUT2D eigenvalue weighted by molar-refractivity contribution is 0.390. The molecule has 1 heterocycles. The van der Waals surface area contributed by atoms with Crippen molar-refractivity contribution in [1.29, 1.82) is 0 Å². The molecule has 0 radical (unpaired) electrons. The fraction of sp³-hybridized carbons (Fsp3) is 0.385. The van der Waals surface area contributed by atoms with Crippen molar-refractivity contribution in [1.82, 2.24) is 20.2 Å². The van der Waals surface area contributed by atoms with E-state index >= 15 is 0 Å². The zero-order valence-corrected chi connectivity index (χ0v) is 11.7. The van der Waals surface area contributed by atoms with E-state index in [0.29, 0.717) is 17.1 Å². The van der Waals surface area contributed by atoms with Crippen LogP contribution in [0.5, 0.6) is 5.75 Å². The third-order valence-electron chi connectivity index (χ3n) is 3.04. The van der Waals surface area contributed by atoms with Crippen LogP contribution in [0.1, 0.15) is 37.3 Å². The number of methoxy groups -OCH3 is 1. The first-order chi connectivity index (χ1) is 9.60. The van der Waals surface area contributed by atoms with E-state index in [1.54, 1.807) is 16.8 Å². The Morgan fingerprint density at radius 1 is 1.40 bits per heavy atom. The number of rotatable bonds is 5. The summed E-state index contributed by atoms with van der Waals surface area (Å²) in [5.41, 5.74) is 2.90. The number of hydrogen-bond donors (Lipinski definition) is 2. The van der Waals surface area contributed by atoms with Gasteiger partial charge in [0.2, 0.25) is 0 Å². The first-order valence-electron chi connectivity index (χ1n) is 6.28. The topological polar surface area (TPSA) is 78.0 Å². The summed E-state index contributed by atoms with van der Waals surface area (Å²) in [4.78, 5) is 4.19. The summed E-state index contributed by atoms with van der Waals surface area (Å²) in [5.74, 6) is 6.13. The number of ether oxygens (including phenoxy) is 1. The Kier molecular flexibility index (Phi) is 4.31. The minimum Gasteiger partial charge on any atom is -0.496 e. The maximum atomic E-state index is 14.2. The molecular weight excluding hydrogens is 261 g/mol. The maximum absolute atomic E-state index is 14.2. The van der Waals surface area contributed by atoms with Gasteiger partial charge in [0.15, 0.2) is 0 Å². The number of nitrogens with zero attached hydrogens (tertiary/aromatic N) is 3. The predicted octanol–water partition coefficient (Wildman–Crippen LogP) is 1.56. The molecular formula is C13H18FN5O. The Balaban J connectivity index is 2.56. The number of nitrogens with one attached hydrogen (secondary N) is 1. The van der Waals surface area contributed by atoms with Crippen LogP contribution in [-0.4, -0.2) is 21.9 Å². The van der Waals surface area contributed by atoms with Gasteiger partial charge in [-0.1, -0.05) is 6.07 Å². The summed E-state index contributed by atoms with van der Waals surface area (Å²) >= 11 is 0. The third-order valence-corrected chi connectivity index (χ3v) is 3.04. The zero-order chi connectivity index (χ0) is 14.7. The van der Waals surface area contributed by atoms with E-state index in [9.17, 15) is 4.39 Å². The van der Waals surface area contributed by atoms with E-state index in [1.807, 2.05) is 13.8 Å². The number of benzene rings is 1. The van der Waals surface area contributed by atoms with Crippen LogP contribution >= 0.6 is 0 Å². The van der Waals surface area contributed by atoms with Gasteiger partial charge >= 0.3 is 0 Å². The highest BCUT2D eigenvalue weighted by Gasteiger charge is 2.26. The Morgan fingerprint density at radius 3 is 2.75 bits per heavy atom. The van der Waals surface area contributed by atoms with Crippen LogP contribution in [0.2, 0.25) is 0 Å². The standard InChI is InChI=1S/C13H18FN5O/c1-8(2)19-13(16-7-17-19)12(18-15)11-9(14)5-4-6-10(11)20-3/h4-8,12,18H,15H2,1-3H3. The van der Waals surface area contributed by atoms with Crippen molar-refractivity contribution in [2.45, 2.75) is 25.9 Å². The average Bonchev–Trinajstić information content (AvgIpc) is 2.90. The molecule has 3 N–H and O–H groups in total. The molecule has 6 nitrogen and oxygen atoms in total. The largest absolute Gasteiger partial charge is 0.496 e. The van der Waals surface area contributed by atoms with Crippen LogP contribution in [0.3, 0.4) is 0 Å². The van der Waals surface area contributed by atoms with Crippen molar-refractivity contribution in [2.24, 2.45) is 5.84 Å². The molecule has 0 aliphatic carbocycles. The predicted molar refractivity (Wildman–Crippen MR) is 72.5 cm³/mol. The fourth-order valence-electron chi connectivity index (χ4n) is 2.13. The lowest BCUT2D eigenvalue weighted by Crippen LogP contribution is -2.32. The molecule has 2 rings (SSSR count). The average molecular weight is 279 g/mol. The second-order valence-corrected chi connectivity index (χ2v) is 4.61. The van der Waals surface area contributed by atoms with Gasteiger partial charge in [-0.15, -0.1) is 0 Å². The summed E-state index contributed by atoms with van der Waals surface area (Å²) in [5, 5.41) is 4.14. The second kappa shape index (κ2) is 5.98. The van der Waals surface area contributed by atoms with Crippen molar-refractivity contribution in [3.8, 4) is 5.75 Å². The fourth-order valence-corrected chi connectivity index (χ4v) is 2.13. The molecule has 0 aliphatic rings. The molecule has 0 aliphatic heterocycles. The highest BCUT2D eigenvalue weighted by molar-refractivity contribution is 5.40. The second-order valence-electron chi connectivity index (χ2n) is 4.61. The monoisotopic (exact) mass is 279 g/mol. The van der Waals surface area contributed by atoms with E-state index in [2.05, 4.69) is 15.5 Å². The van der Waals surface area contributed by atoms with Crippen LogP contribution in [0, 0.1) is 5.82 Å². The molecule has 0 bridgehead atoms. The zero-order valence-electron chi connectivity index (χ0n) is 11.7. The number of aromatic nitrogens is 3. The molecule has 20 heavy (non-hydrogen) atoms. The van der Waals surface area contributed by atoms with Gasteiger partial charge in [-0.25, -0.2) is 19.5 Å². The smallest absolute Gasteiger partial charge is 0.150 e. The Bertz CT molecular complexity index is 584. The van der Waals surface area contributed by atoms with Gasteiger partial charge < -0.3 is 4.74 Å². The molecule has 2 aromatic rings. The Morgan fingerprint density at radius 2 is 2.15 bits per heavy atom. The van der Waals surface area contributed by atoms with Crippen molar-refractivity contribution in [3.63, 3.8) is 0 Å². The molecule has 0 spiro atoms. The van der Waals surface area contributed by atoms with Crippen LogP contribution in [0.4, 0.5) is 4.39 Å². The molecule has 0 saturated carbocycles. The number of hydrogen-bond acceptors (Lipinski definition) is 5. The highest BCUT2D eigenvalue weighted by Crippen LogP contribution is 2.31. The van der Waals surface area contributed by atoms with Crippen LogP contribution < -0.4 is 16.0 Å². The summed E-state index contributed by atoms with van der Waals surface area (Å²) in [6.45, 7) is 3.93. The van der Waals surface area contributed by atoms with Crippen LogP contribution in [-0.2, 0) is 0 Å². The Labute approximate surface area is 116 Å². The highest BCUT2D eigenvalue weighted by atomic mass is 19.1. The molecule has 0 fully saturated rings. The lowest BCUT2D eigenvalue weighted by atomic mass is 10.0. The summed E-state index contributed by atoms with van der Waals surface area (Å²) in [6.07, 6.45) is 1.42. The normalized spacial score (nSPS) is 12.7. The molecule has 1 aromatic heterocycles. The molecule has 0 saturated heterocycles. The van der Waals surface area contributed by atoms with Crippen LogP contribution in [0.15, 0.2) is 24.5 Å². The van der Waals surface area contributed by atoms with Crippen molar-refractivity contribution >= 4 is 0 Å². The van der Waals surface area contributed by atoms with E-state index in [0.717, 1.165) is 0 Å². The van der Waals surface area contributed by atoms with E-state index < -0.39 is 11.9 Å². The van der Waals surface area contributed by atoms with Gasteiger partial charge in [0.1, 0.15) is 29.8 Å². The molecule has 0 amide bonds. The molecule has 108 valence electrons. The molecule has 7 heteroatoms. The quantitative estimate of drug-likeness (QED) is 0.641. The van der Waals surface area contributed by atoms with Gasteiger partial charge in [0.05, 0.1) is 12.7 Å². The molecule has 1 aromatic carbocycles. The summed E-state index contributed by atoms with van der Waals surface area (Å²) in [7, 11) is 1.49. The van der Waals surface area contributed by atoms with E-state index in [-0.39, 0.29) is 6.04 Å². The Hall–Kier alpha value is -1.99. The van der Waals surface area contributed by atoms with Crippen molar-refractivity contribution < 1.29 is 9.13 Å². The maximum Gasteiger partial charge on any atom is 0.150 e. The van der Waals surface area contributed by atoms with E-state index in [4.69, 9.17) is 10.6 Å². The van der Waals surface area contributed by atoms with E-state index in [1.165, 1.54) is 19.5 Å². The van der Waals surface area contributed by atoms with Gasteiger partial charge in [-0.2, -0.15) is 5.10 Å². The minimum absolute atomic E-state index is 0.0844. The van der Waals surface area contributed by atoms with Gasteiger partial charge in [-0.3, -0.25) is 5.84 Å². The molecule has 1 atom stereocenters. The first-order valence-corrected chi connectivity index (χ1v) is 6.28. The SMILES string of the molecule is COc1cccc(F)c1C(NN)c1ncnn1C(C)C. The minimum atomic E-state index is -0.643.